The lowest BCUT2D eigenvalue weighted by atomic mass is 9.34. The zero-order valence-corrected chi connectivity index (χ0v) is 16.0. The highest BCUT2D eigenvalue weighted by Gasteiger charge is 2.73. The largest absolute Gasteiger partial charge is 0.392 e. The third-order valence-electron chi connectivity index (χ3n) is 9.43. The van der Waals surface area contributed by atoms with E-state index in [4.69, 9.17) is 0 Å². The molecule has 0 amide bonds. The maximum Gasteiger partial charge on any atom is 0.165 e. The van der Waals surface area contributed by atoms with E-state index in [0.717, 1.165) is 37.8 Å². The summed E-state index contributed by atoms with van der Waals surface area (Å²) in [5.41, 5.74) is 0.839. The minimum atomic E-state index is -0.555. The SMILES string of the molecule is C=C1[C@H]2CC[C@@]3([C@H](O)C[C@@H]4[C@@]5(C)CCC[C@@]4(C=[N+](CCO)C5)[C@@H]3C2)[C@@H]1O. The molecule has 0 aromatic carbocycles. The molecular formula is C22H34NO3+. The van der Waals surface area contributed by atoms with Gasteiger partial charge in [0.1, 0.15) is 19.4 Å². The molecule has 0 aromatic heterocycles. The third-order valence-corrected chi connectivity index (χ3v) is 9.43. The van der Waals surface area contributed by atoms with Crippen LogP contribution in [0.5, 0.6) is 0 Å². The van der Waals surface area contributed by atoms with Crippen LogP contribution in [-0.2, 0) is 0 Å². The molecule has 4 heteroatoms. The van der Waals surface area contributed by atoms with Crippen LogP contribution in [0.1, 0.15) is 51.9 Å². The van der Waals surface area contributed by atoms with Gasteiger partial charge in [0, 0.05) is 10.8 Å². The Balaban J connectivity index is 1.68. The van der Waals surface area contributed by atoms with E-state index in [2.05, 4.69) is 24.3 Å². The molecule has 5 fully saturated rings. The highest BCUT2D eigenvalue weighted by molar-refractivity contribution is 5.65. The minimum absolute atomic E-state index is 0.0694. The Morgan fingerprint density at radius 3 is 2.77 bits per heavy atom. The van der Waals surface area contributed by atoms with Crippen molar-refractivity contribution in [3.8, 4) is 0 Å². The number of aliphatic hydroxyl groups excluding tert-OH is 3. The Hall–Kier alpha value is -0.710. The van der Waals surface area contributed by atoms with Crippen molar-refractivity contribution >= 4 is 6.21 Å². The number of rotatable bonds is 2. The van der Waals surface area contributed by atoms with Crippen molar-refractivity contribution in [1.82, 2.24) is 0 Å². The average Bonchev–Trinajstić information content (AvgIpc) is 2.60. The first-order valence-electron chi connectivity index (χ1n) is 10.6. The minimum Gasteiger partial charge on any atom is -0.392 e. The van der Waals surface area contributed by atoms with E-state index in [1.165, 1.54) is 19.3 Å². The second-order valence-electron chi connectivity index (χ2n) is 10.4. The van der Waals surface area contributed by atoms with Gasteiger partial charge < -0.3 is 15.3 Å². The van der Waals surface area contributed by atoms with Gasteiger partial charge in [0.15, 0.2) is 6.54 Å². The van der Waals surface area contributed by atoms with Gasteiger partial charge in [-0.15, -0.1) is 0 Å². The third kappa shape index (κ3) is 1.89. The summed E-state index contributed by atoms with van der Waals surface area (Å²) < 4.78 is 2.37. The molecule has 1 heterocycles. The van der Waals surface area contributed by atoms with E-state index in [-0.39, 0.29) is 17.4 Å². The van der Waals surface area contributed by atoms with Gasteiger partial charge in [-0.3, -0.25) is 0 Å². The van der Waals surface area contributed by atoms with Gasteiger partial charge >= 0.3 is 0 Å². The van der Waals surface area contributed by atoms with Crippen LogP contribution in [0.2, 0.25) is 0 Å². The molecule has 8 atom stereocenters. The van der Waals surface area contributed by atoms with E-state index < -0.39 is 17.6 Å². The molecule has 1 aliphatic heterocycles. The highest BCUT2D eigenvalue weighted by Crippen LogP contribution is 2.72. The van der Waals surface area contributed by atoms with E-state index in [1.807, 2.05) is 0 Å². The Kier molecular flexibility index (Phi) is 3.63. The van der Waals surface area contributed by atoms with Crippen LogP contribution < -0.4 is 0 Å². The predicted octanol–water partition coefficient (Wildman–Crippen LogP) is 1.97. The molecule has 4 nitrogen and oxygen atoms in total. The van der Waals surface area contributed by atoms with Crippen molar-refractivity contribution in [2.45, 2.75) is 64.1 Å². The lowest BCUT2D eigenvalue weighted by Gasteiger charge is -2.70. The Morgan fingerprint density at radius 1 is 1.19 bits per heavy atom. The fourth-order valence-corrected chi connectivity index (χ4v) is 8.47. The first kappa shape index (κ1) is 17.4. The standard InChI is InChI=1S/C22H34NO3/c1-14-15-4-7-22(19(14)26)17(10-15)21-6-3-5-20(2,16(21)11-18(22)25)12-23(13-21)8-9-24/h13,15-19,24-26H,1,3-12H2,2H3/q+1/t15-,16+,17-,18+,19+,20-,21-,22+/m0/s1. The molecular weight excluding hydrogens is 326 g/mol. The van der Waals surface area contributed by atoms with Crippen molar-refractivity contribution in [2.24, 2.45) is 34.0 Å². The average molecular weight is 361 g/mol. The van der Waals surface area contributed by atoms with E-state index in [0.29, 0.717) is 24.3 Å². The van der Waals surface area contributed by atoms with Gasteiger partial charge in [-0.1, -0.05) is 19.9 Å². The van der Waals surface area contributed by atoms with E-state index >= 15 is 0 Å². The summed E-state index contributed by atoms with van der Waals surface area (Å²) >= 11 is 0. The molecule has 3 N–H and O–H groups in total. The number of hydrogen-bond acceptors (Lipinski definition) is 3. The molecule has 1 spiro atoms. The van der Waals surface area contributed by atoms with Crippen molar-refractivity contribution in [3.63, 3.8) is 0 Å². The summed E-state index contributed by atoms with van der Waals surface area (Å²) in [5.74, 6) is 1.24. The van der Waals surface area contributed by atoms with Crippen LogP contribution in [0.4, 0.5) is 0 Å². The van der Waals surface area contributed by atoms with Crippen LogP contribution in [0.3, 0.4) is 0 Å². The summed E-state index contributed by atoms with van der Waals surface area (Å²) in [6.45, 7) is 8.51. The van der Waals surface area contributed by atoms with Gasteiger partial charge in [-0.2, -0.15) is 0 Å². The molecule has 0 radical (unpaired) electrons. The van der Waals surface area contributed by atoms with Crippen LogP contribution in [0, 0.1) is 34.0 Å². The molecule has 26 heavy (non-hydrogen) atoms. The van der Waals surface area contributed by atoms with Gasteiger partial charge in [-0.05, 0) is 61.9 Å². The molecule has 144 valence electrons. The van der Waals surface area contributed by atoms with Gasteiger partial charge in [-0.25, -0.2) is 4.58 Å². The maximum absolute atomic E-state index is 11.4. The molecule has 5 saturated carbocycles. The fourth-order valence-electron chi connectivity index (χ4n) is 8.47. The second-order valence-corrected chi connectivity index (χ2v) is 10.4. The monoisotopic (exact) mass is 360 g/mol. The summed E-state index contributed by atoms with van der Waals surface area (Å²) in [6, 6.07) is 0. The lowest BCUT2D eigenvalue weighted by Crippen LogP contribution is -2.72. The zero-order valence-electron chi connectivity index (χ0n) is 16.0. The lowest BCUT2D eigenvalue weighted by molar-refractivity contribution is -0.560. The van der Waals surface area contributed by atoms with Crippen LogP contribution in [0.15, 0.2) is 12.2 Å². The first-order chi connectivity index (χ1) is 12.4. The van der Waals surface area contributed by atoms with Gasteiger partial charge in [0.05, 0.1) is 17.6 Å². The van der Waals surface area contributed by atoms with Crippen molar-refractivity contribution in [1.29, 1.82) is 0 Å². The van der Waals surface area contributed by atoms with Crippen molar-refractivity contribution in [3.05, 3.63) is 12.2 Å². The molecule has 0 unspecified atom stereocenters. The summed E-state index contributed by atoms with van der Waals surface area (Å²) in [4.78, 5) is 0. The molecule has 5 aliphatic carbocycles. The maximum atomic E-state index is 11.4. The van der Waals surface area contributed by atoms with Gasteiger partial charge in [0.2, 0.25) is 0 Å². The first-order valence-corrected chi connectivity index (χ1v) is 10.6. The molecule has 4 bridgehead atoms. The molecule has 6 aliphatic rings. The van der Waals surface area contributed by atoms with Gasteiger partial charge in [0.25, 0.3) is 0 Å². The smallest absolute Gasteiger partial charge is 0.165 e. The quantitative estimate of drug-likeness (QED) is 0.521. The molecule has 0 saturated heterocycles. The Labute approximate surface area is 156 Å². The van der Waals surface area contributed by atoms with Crippen LogP contribution >= 0.6 is 0 Å². The molecule has 0 aromatic rings. The predicted molar refractivity (Wildman–Crippen MR) is 100 cm³/mol. The number of aliphatic hydroxyl groups is 3. The summed E-state index contributed by atoms with van der Waals surface area (Å²) in [7, 11) is 0. The Bertz CT molecular complexity index is 674. The van der Waals surface area contributed by atoms with Crippen LogP contribution in [-0.4, -0.2) is 58.0 Å². The summed E-state index contributed by atoms with van der Waals surface area (Å²) in [6.07, 6.45) is 8.98. The van der Waals surface area contributed by atoms with E-state index in [9.17, 15) is 15.3 Å². The zero-order chi connectivity index (χ0) is 18.3. The van der Waals surface area contributed by atoms with Crippen molar-refractivity contribution in [2.75, 3.05) is 19.7 Å². The van der Waals surface area contributed by atoms with E-state index in [1.54, 1.807) is 0 Å². The number of nitrogens with zero attached hydrogens (tertiary/aromatic N) is 1. The summed E-state index contributed by atoms with van der Waals surface area (Å²) in [5, 5.41) is 32.1. The number of hydrogen-bond donors (Lipinski definition) is 3. The Morgan fingerprint density at radius 2 is 2.00 bits per heavy atom. The fraction of sp³-hybridized carbons (Fsp3) is 0.864. The van der Waals surface area contributed by atoms with Crippen LogP contribution in [0.25, 0.3) is 0 Å². The highest BCUT2D eigenvalue weighted by atomic mass is 16.3. The topological polar surface area (TPSA) is 63.7 Å². The normalized spacial score (nSPS) is 55.2. The number of β-amino-alcohol motifs (C(OH)–C–C–N with tert-alkyl or cyclic N) is 1. The van der Waals surface area contributed by atoms with Crippen molar-refractivity contribution < 1.29 is 19.9 Å². The molecule has 6 rings (SSSR count). The number of fused-ring (bicyclic) bond motifs is 2. The second kappa shape index (κ2) is 5.42.